The molecule has 152 valence electrons. The molecule has 1 saturated heterocycles. The van der Waals surface area contributed by atoms with Gasteiger partial charge in [-0.3, -0.25) is 4.79 Å². The molecule has 1 aliphatic heterocycles. The van der Waals surface area contributed by atoms with Gasteiger partial charge in [0.1, 0.15) is 4.21 Å². The summed E-state index contributed by atoms with van der Waals surface area (Å²) in [4.78, 5) is 17.6. The first-order valence-electron chi connectivity index (χ1n) is 9.30. The van der Waals surface area contributed by atoms with Gasteiger partial charge in [0.05, 0.1) is 12.1 Å². The standard InChI is InChI=1S/C20H21N3O4S2/c1-14-4-9-19(28-14)29(25,26)23-10-2-3-16(12-23)20(24)22-17-7-5-15(6-8-17)18-11-21-13-27-18/h4-9,11,13,16H,2-3,10,12H2,1H3,(H,22,24). The van der Waals surface area contributed by atoms with Crippen molar-refractivity contribution in [3.8, 4) is 11.3 Å². The number of amides is 1. The van der Waals surface area contributed by atoms with Gasteiger partial charge in [-0.1, -0.05) is 0 Å². The zero-order valence-corrected chi connectivity index (χ0v) is 17.5. The summed E-state index contributed by atoms with van der Waals surface area (Å²) in [5, 5.41) is 2.90. The SMILES string of the molecule is Cc1ccc(S(=O)(=O)N2CCCC(C(=O)Nc3ccc(-c4cnco4)cc3)C2)s1. The van der Waals surface area contributed by atoms with Crippen LogP contribution < -0.4 is 5.32 Å². The third kappa shape index (κ3) is 4.26. The first kappa shape index (κ1) is 19.8. The Balaban J connectivity index is 1.42. The maximum atomic E-state index is 12.9. The molecule has 0 aliphatic carbocycles. The van der Waals surface area contributed by atoms with Crippen molar-refractivity contribution in [2.75, 3.05) is 18.4 Å². The Hall–Kier alpha value is -2.49. The summed E-state index contributed by atoms with van der Waals surface area (Å²) in [6.07, 6.45) is 4.31. The van der Waals surface area contributed by atoms with Crippen LogP contribution in [0.25, 0.3) is 11.3 Å². The van der Waals surface area contributed by atoms with Crippen molar-refractivity contribution in [2.24, 2.45) is 5.92 Å². The van der Waals surface area contributed by atoms with Crippen LogP contribution in [-0.4, -0.2) is 36.7 Å². The summed E-state index contributed by atoms with van der Waals surface area (Å²) in [6.45, 7) is 2.51. The molecule has 1 amide bonds. The van der Waals surface area contributed by atoms with E-state index in [1.165, 1.54) is 22.0 Å². The van der Waals surface area contributed by atoms with Crippen LogP contribution in [0, 0.1) is 12.8 Å². The van der Waals surface area contributed by atoms with Crippen molar-refractivity contribution in [2.45, 2.75) is 24.0 Å². The highest BCUT2D eigenvalue weighted by Crippen LogP contribution is 2.29. The smallest absolute Gasteiger partial charge is 0.252 e. The minimum absolute atomic E-state index is 0.167. The summed E-state index contributed by atoms with van der Waals surface area (Å²) in [5.74, 6) is 0.105. The number of rotatable bonds is 5. The van der Waals surface area contributed by atoms with E-state index >= 15 is 0 Å². The number of benzene rings is 1. The van der Waals surface area contributed by atoms with Gasteiger partial charge >= 0.3 is 0 Å². The number of oxazole rings is 1. The lowest BCUT2D eigenvalue weighted by molar-refractivity contribution is -0.120. The third-order valence-electron chi connectivity index (χ3n) is 4.93. The molecule has 3 aromatic rings. The van der Waals surface area contributed by atoms with Crippen molar-refractivity contribution in [3.05, 3.63) is 53.9 Å². The second kappa shape index (κ2) is 8.10. The van der Waals surface area contributed by atoms with Gasteiger partial charge in [-0.15, -0.1) is 11.3 Å². The molecule has 3 heterocycles. The van der Waals surface area contributed by atoms with E-state index < -0.39 is 10.0 Å². The zero-order chi connectivity index (χ0) is 20.4. The Bertz CT molecular complexity index is 1090. The van der Waals surface area contributed by atoms with E-state index in [-0.39, 0.29) is 18.4 Å². The second-order valence-corrected chi connectivity index (χ2v) is 10.5. The van der Waals surface area contributed by atoms with Gasteiger partial charge in [-0.2, -0.15) is 4.31 Å². The Morgan fingerprint density at radius 2 is 2.03 bits per heavy atom. The van der Waals surface area contributed by atoms with E-state index in [0.717, 1.165) is 10.4 Å². The van der Waals surface area contributed by atoms with Gasteiger partial charge in [0.2, 0.25) is 5.91 Å². The molecule has 2 aromatic heterocycles. The number of aryl methyl sites for hydroxylation is 1. The molecule has 1 aliphatic rings. The van der Waals surface area contributed by atoms with E-state index in [1.54, 1.807) is 30.5 Å². The Labute approximate surface area is 173 Å². The number of carbonyl (C=O) groups is 1. The van der Waals surface area contributed by atoms with E-state index in [9.17, 15) is 13.2 Å². The largest absolute Gasteiger partial charge is 0.444 e. The molecule has 0 spiro atoms. The summed E-state index contributed by atoms with van der Waals surface area (Å²) in [6, 6.07) is 10.7. The fourth-order valence-electron chi connectivity index (χ4n) is 3.37. The van der Waals surface area contributed by atoms with Crippen molar-refractivity contribution in [1.82, 2.24) is 9.29 Å². The Morgan fingerprint density at radius 1 is 1.24 bits per heavy atom. The molecule has 4 rings (SSSR count). The molecule has 29 heavy (non-hydrogen) atoms. The van der Waals surface area contributed by atoms with Crippen LogP contribution in [0.1, 0.15) is 17.7 Å². The molecule has 0 saturated carbocycles. The maximum Gasteiger partial charge on any atom is 0.252 e. The van der Waals surface area contributed by atoms with Gasteiger partial charge in [-0.25, -0.2) is 13.4 Å². The summed E-state index contributed by atoms with van der Waals surface area (Å²) in [5.41, 5.74) is 1.52. The summed E-state index contributed by atoms with van der Waals surface area (Å²) >= 11 is 1.26. The van der Waals surface area contributed by atoms with Gasteiger partial charge in [0.25, 0.3) is 10.0 Å². The van der Waals surface area contributed by atoms with Crippen molar-refractivity contribution in [3.63, 3.8) is 0 Å². The molecule has 1 fully saturated rings. The molecule has 1 unspecified atom stereocenters. The van der Waals surface area contributed by atoms with Gasteiger partial charge in [0, 0.05) is 29.2 Å². The summed E-state index contributed by atoms with van der Waals surface area (Å²) in [7, 11) is -3.56. The van der Waals surface area contributed by atoms with Crippen LogP contribution in [0.15, 0.2) is 57.6 Å². The van der Waals surface area contributed by atoms with Gasteiger partial charge < -0.3 is 9.73 Å². The fraction of sp³-hybridized carbons (Fsp3) is 0.300. The van der Waals surface area contributed by atoms with E-state index in [0.29, 0.717) is 35.0 Å². The number of hydrogen-bond donors (Lipinski definition) is 1. The van der Waals surface area contributed by atoms with Crippen LogP contribution in [0.2, 0.25) is 0 Å². The number of nitrogens with zero attached hydrogens (tertiary/aromatic N) is 2. The predicted molar refractivity (Wildman–Crippen MR) is 111 cm³/mol. The lowest BCUT2D eigenvalue weighted by Gasteiger charge is -2.30. The van der Waals surface area contributed by atoms with E-state index in [1.807, 2.05) is 19.1 Å². The highest BCUT2D eigenvalue weighted by Gasteiger charge is 2.34. The van der Waals surface area contributed by atoms with E-state index in [2.05, 4.69) is 10.3 Å². The van der Waals surface area contributed by atoms with Crippen LogP contribution >= 0.6 is 11.3 Å². The maximum absolute atomic E-state index is 12.9. The monoisotopic (exact) mass is 431 g/mol. The lowest BCUT2D eigenvalue weighted by atomic mass is 9.98. The third-order valence-corrected chi connectivity index (χ3v) is 8.27. The van der Waals surface area contributed by atoms with Crippen LogP contribution in [0.4, 0.5) is 5.69 Å². The van der Waals surface area contributed by atoms with Crippen LogP contribution in [0.5, 0.6) is 0 Å². The molecule has 7 nitrogen and oxygen atoms in total. The van der Waals surface area contributed by atoms with E-state index in [4.69, 9.17) is 4.42 Å². The molecule has 1 aromatic carbocycles. The number of aromatic nitrogens is 1. The number of anilines is 1. The highest BCUT2D eigenvalue weighted by molar-refractivity contribution is 7.91. The number of piperidine rings is 1. The normalized spacial score (nSPS) is 17.9. The average molecular weight is 432 g/mol. The minimum Gasteiger partial charge on any atom is -0.444 e. The fourth-order valence-corrected chi connectivity index (χ4v) is 6.33. The molecule has 1 atom stereocenters. The number of nitrogens with one attached hydrogen (secondary N) is 1. The predicted octanol–water partition coefficient (Wildman–Crippen LogP) is 3.75. The average Bonchev–Trinajstić information content (AvgIpc) is 3.41. The van der Waals surface area contributed by atoms with Crippen LogP contribution in [-0.2, 0) is 14.8 Å². The number of carbonyl (C=O) groups excluding carboxylic acids is 1. The molecule has 1 N–H and O–H groups in total. The minimum atomic E-state index is -3.56. The first-order valence-corrected chi connectivity index (χ1v) is 11.6. The molecule has 0 bridgehead atoms. The van der Waals surface area contributed by atoms with Crippen LogP contribution in [0.3, 0.4) is 0 Å². The van der Waals surface area contributed by atoms with Crippen molar-refractivity contribution < 1.29 is 17.6 Å². The highest BCUT2D eigenvalue weighted by atomic mass is 32.2. The number of hydrogen-bond acceptors (Lipinski definition) is 6. The van der Waals surface area contributed by atoms with Crippen molar-refractivity contribution >= 4 is 33.0 Å². The molecule has 9 heteroatoms. The summed E-state index contributed by atoms with van der Waals surface area (Å²) < 4.78 is 32.8. The molecular weight excluding hydrogens is 410 g/mol. The van der Waals surface area contributed by atoms with Crippen molar-refractivity contribution in [1.29, 1.82) is 0 Å². The Morgan fingerprint density at radius 3 is 2.69 bits per heavy atom. The van der Waals surface area contributed by atoms with Gasteiger partial charge in [0.15, 0.2) is 12.2 Å². The molecular formula is C20H21N3O4S2. The first-order chi connectivity index (χ1) is 13.9. The number of sulfonamides is 1. The zero-order valence-electron chi connectivity index (χ0n) is 15.9. The topological polar surface area (TPSA) is 92.5 Å². The molecule has 0 radical (unpaired) electrons. The number of thiophene rings is 1. The Kier molecular flexibility index (Phi) is 5.53. The second-order valence-electron chi connectivity index (χ2n) is 7.00. The van der Waals surface area contributed by atoms with Gasteiger partial charge in [-0.05, 0) is 56.2 Å². The lowest BCUT2D eigenvalue weighted by Crippen LogP contribution is -2.43. The quantitative estimate of drug-likeness (QED) is 0.664.